The summed E-state index contributed by atoms with van der Waals surface area (Å²) in [5.41, 5.74) is 0. The van der Waals surface area contributed by atoms with Gasteiger partial charge < -0.3 is 2.85 Å². The van der Waals surface area contributed by atoms with Crippen LogP contribution in [0, 0.1) is 0 Å². The molecule has 0 saturated carbocycles. The monoisotopic (exact) mass is 430 g/mol. The minimum Gasteiger partial charge on any atom is -1.00 e. The molecule has 0 saturated heterocycles. The zero-order chi connectivity index (χ0) is 10.9. The van der Waals surface area contributed by atoms with Crippen LogP contribution in [0.1, 0.15) is 15.7 Å². The molecule has 80 valence electrons. The zero-order valence-electron chi connectivity index (χ0n) is 11.8. The van der Waals surface area contributed by atoms with Crippen LogP contribution in [0.2, 0.25) is 17.3 Å². The number of allylic oxidation sites excluding steroid dienone is 8. The van der Waals surface area contributed by atoms with Crippen molar-refractivity contribution in [2.45, 2.75) is 30.1 Å². The first-order chi connectivity index (χ1) is 7.07. The maximum absolute atomic E-state index is 2.52. The number of hydrogen-bond acceptors (Lipinski definition) is 0. The van der Waals surface area contributed by atoms with Crippen LogP contribution in [0.25, 0.3) is 0 Å². The summed E-state index contributed by atoms with van der Waals surface area (Å²) >= 11 is -2.19. The van der Waals surface area contributed by atoms with E-state index in [2.05, 4.69) is 47.6 Å². The van der Waals surface area contributed by atoms with E-state index in [4.69, 9.17) is 0 Å². The van der Waals surface area contributed by atoms with Gasteiger partial charge in [0.1, 0.15) is 0 Å². The van der Waals surface area contributed by atoms with Crippen molar-refractivity contribution in [2.75, 3.05) is 0 Å². The van der Waals surface area contributed by atoms with Crippen LogP contribution in [0.15, 0.2) is 41.4 Å². The molecule has 0 aromatic heterocycles. The van der Waals surface area contributed by atoms with Gasteiger partial charge in [0.2, 0.25) is 0 Å². The molecule has 2 rings (SSSR count). The Morgan fingerprint density at radius 2 is 2.00 bits per heavy atom. The van der Waals surface area contributed by atoms with Crippen molar-refractivity contribution in [3.05, 3.63) is 41.4 Å². The molecule has 0 aromatic rings. The first-order valence-corrected chi connectivity index (χ1v) is 16.5. The van der Waals surface area contributed by atoms with Crippen molar-refractivity contribution in [3.8, 4) is 0 Å². The summed E-state index contributed by atoms with van der Waals surface area (Å²) < 4.78 is 5.52. The van der Waals surface area contributed by atoms with Gasteiger partial charge in [-0.25, -0.2) is 0 Å². The van der Waals surface area contributed by atoms with Crippen molar-refractivity contribution in [2.24, 2.45) is 0 Å². The van der Waals surface area contributed by atoms with Crippen LogP contribution >= 0.6 is 0 Å². The molecule has 0 bridgehead atoms. The Balaban J connectivity index is 0.00000128. The molecule has 0 unspecified atom stereocenters. The van der Waals surface area contributed by atoms with Crippen molar-refractivity contribution >= 4 is 13.3 Å². The van der Waals surface area contributed by atoms with Gasteiger partial charge in [0.05, 0.1) is 0 Å². The second-order valence-corrected chi connectivity index (χ2v) is 21.1. The quantitative estimate of drug-likeness (QED) is 0.592. The molecule has 15 heavy (non-hydrogen) atoms. The molecule has 0 aromatic carbocycles. The van der Waals surface area contributed by atoms with E-state index < -0.39 is 36.2 Å². The number of rotatable bonds is 3. The Labute approximate surface area is 110 Å². The van der Waals surface area contributed by atoms with Crippen molar-refractivity contribution in [3.63, 3.8) is 0 Å². The molecule has 2 aliphatic carbocycles. The van der Waals surface area contributed by atoms with E-state index in [0.29, 0.717) is 0 Å². The third-order valence-corrected chi connectivity index (χ3v) is 14.4. The summed E-state index contributed by atoms with van der Waals surface area (Å²) in [5, 5.41) is 0. The second-order valence-electron chi connectivity index (χ2n) is 5.20. The molecule has 2 heteroatoms. The van der Waals surface area contributed by atoms with Gasteiger partial charge >= 0.3 is 108 Å². The van der Waals surface area contributed by atoms with Crippen molar-refractivity contribution < 1.29 is 25.8 Å². The molecular formula is C13H20GeHf. The fourth-order valence-corrected chi connectivity index (χ4v) is 17.9. The van der Waals surface area contributed by atoms with E-state index in [1.807, 2.05) is 7.74 Å². The van der Waals surface area contributed by atoms with Gasteiger partial charge in [-0.1, -0.05) is 0 Å². The molecule has 0 amide bonds. The molecule has 0 radical (unpaired) electrons. The largest absolute Gasteiger partial charge is 1.00 e. The minimum absolute atomic E-state index is 0. The summed E-state index contributed by atoms with van der Waals surface area (Å²) in [5.74, 6) is 7.57. The van der Waals surface area contributed by atoms with Gasteiger partial charge in [-0.3, -0.25) is 0 Å². The predicted octanol–water partition coefficient (Wildman–Crippen LogP) is 4.23. The van der Waals surface area contributed by atoms with Gasteiger partial charge in [-0.2, -0.15) is 0 Å². The topological polar surface area (TPSA) is 0 Å². The van der Waals surface area contributed by atoms with Gasteiger partial charge in [-0.05, 0) is 0 Å². The Morgan fingerprint density at radius 1 is 1.20 bits per heavy atom. The van der Waals surface area contributed by atoms with Gasteiger partial charge in [0.15, 0.2) is 0 Å². The van der Waals surface area contributed by atoms with Crippen LogP contribution in [0.5, 0.6) is 0 Å². The van der Waals surface area contributed by atoms with Crippen molar-refractivity contribution in [1.82, 2.24) is 0 Å². The predicted molar refractivity (Wildman–Crippen MR) is 68.2 cm³/mol. The average molecular weight is 427 g/mol. The van der Waals surface area contributed by atoms with E-state index in [1.54, 1.807) is 3.33 Å². The third-order valence-electron chi connectivity index (χ3n) is 2.82. The molecule has 0 spiro atoms. The first-order valence-electron chi connectivity index (χ1n) is 5.60. The van der Waals surface area contributed by atoms with E-state index in [1.165, 1.54) is 12.8 Å². The fourth-order valence-electron chi connectivity index (χ4n) is 2.06. The van der Waals surface area contributed by atoms with Gasteiger partial charge in [-0.15, -0.1) is 0 Å². The summed E-state index contributed by atoms with van der Waals surface area (Å²) in [4.78, 5) is 0. The van der Waals surface area contributed by atoms with Crippen LogP contribution in [-0.4, -0.2) is 13.3 Å². The molecule has 0 N–H and O–H groups in total. The van der Waals surface area contributed by atoms with Crippen LogP contribution < -0.4 is 0 Å². The maximum Gasteiger partial charge on any atom is -1.00 e. The van der Waals surface area contributed by atoms with Crippen LogP contribution in [0.3, 0.4) is 0 Å². The first kappa shape index (κ1) is 11.8. The number of hydrogen-bond donors (Lipinski definition) is 0. The van der Waals surface area contributed by atoms with E-state index >= 15 is 0 Å². The van der Waals surface area contributed by atoms with Crippen molar-refractivity contribution in [1.29, 1.82) is 0 Å². The molecular weight excluding hydrogens is 407 g/mol. The summed E-state index contributed by atoms with van der Waals surface area (Å²) in [6, 6.07) is 0. The maximum atomic E-state index is 2.52. The summed E-state index contributed by atoms with van der Waals surface area (Å²) in [6.07, 6.45) is 14.3. The molecule has 0 aliphatic heterocycles. The Morgan fingerprint density at radius 3 is 2.60 bits per heavy atom. The van der Waals surface area contributed by atoms with Gasteiger partial charge in [0, 0.05) is 0 Å². The average Bonchev–Trinajstić information content (AvgIpc) is 2.73. The zero-order valence-corrected chi connectivity index (χ0v) is 15.5. The SMILES string of the molecule is [CH3][Ge]([CH3])([CH3])[C]1=[C]([Hf+2][C]2=CC=CC2)CC=C1.[H-].[H-]. The van der Waals surface area contributed by atoms with Crippen LogP contribution in [0.4, 0.5) is 0 Å². The molecule has 2 aliphatic rings. The molecule has 0 heterocycles. The smallest absolute Gasteiger partial charge is 1.00 e. The second kappa shape index (κ2) is 4.71. The summed E-state index contributed by atoms with van der Waals surface area (Å²) in [7, 11) is 0. The Kier molecular flexibility index (Phi) is 3.72. The van der Waals surface area contributed by atoms with Gasteiger partial charge in [0.25, 0.3) is 0 Å². The molecule has 0 atom stereocenters. The minimum atomic E-state index is -1.56. The van der Waals surface area contributed by atoms with E-state index in [-0.39, 0.29) is 2.85 Å². The molecule has 0 fully saturated rings. The third kappa shape index (κ3) is 2.94. The Bertz CT molecular complexity index is 387. The Hall–Kier alpha value is 0.373. The van der Waals surface area contributed by atoms with Crippen LogP contribution in [-0.2, 0) is 22.9 Å². The summed E-state index contributed by atoms with van der Waals surface area (Å²) in [6.45, 7) is 0. The normalized spacial score (nSPS) is 19.8. The fraction of sp³-hybridized carbons (Fsp3) is 0.385. The van der Waals surface area contributed by atoms with E-state index in [9.17, 15) is 0 Å². The molecule has 0 nitrogen and oxygen atoms in total. The van der Waals surface area contributed by atoms with E-state index in [0.717, 1.165) is 0 Å². The standard InChI is InChI=1S/C8H13Ge.C5H5.Hf.2H/c1-9(2,3)8-6-4-5-7-8;1-2-4-5-3-1;;;/h4,6H,5H2,1-3H3;1-3H,4H2;;;/q;;+2;2*-1.